The Morgan fingerprint density at radius 1 is 1.27 bits per heavy atom. The van der Waals surface area contributed by atoms with E-state index in [1.165, 1.54) is 6.92 Å². The van der Waals surface area contributed by atoms with E-state index in [-0.39, 0.29) is 5.78 Å². The average molecular weight is 158 g/mol. The van der Waals surface area contributed by atoms with Crippen molar-refractivity contribution in [3.8, 4) is 0 Å². The van der Waals surface area contributed by atoms with Gasteiger partial charge >= 0.3 is 0 Å². The Bertz CT molecular complexity index is 145. The number of hydrogen-bond acceptors (Lipinski definition) is 3. The van der Waals surface area contributed by atoms with Gasteiger partial charge in [-0.05, 0) is 26.2 Å². The molecule has 64 valence electrons. The van der Waals surface area contributed by atoms with E-state index in [1.54, 1.807) is 0 Å². The Kier molecular flexibility index (Phi) is 2.62. The lowest BCUT2D eigenvalue weighted by molar-refractivity contribution is -0.132. The third-order valence-corrected chi connectivity index (χ3v) is 2.30. The maximum Gasteiger partial charge on any atom is 0.138 e. The molecule has 1 saturated carbocycles. The molecule has 1 fully saturated rings. The maximum absolute atomic E-state index is 10.9. The third-order valence-electron chi connectivity index (χ3n) is 2.30. The summed E-state index contributed by atoms with van der Waals surface area (Å²) in [5.74, 6) is -0.645. The number of Topliss-reactive ketones (excluding diaryl/α,β-unsaturated/α-hetero) is 1. The van der Waals surface area contributed by atoms with Crippen LogP contribution in [0.15, 0.2) is 0 Å². The molecule has 0 saturated heterocycles. The fourth-order valence-corrected chi connectivity index (χ4v) is 1.69. The zero-order valence-corrected chi connectivity index (χ0v) is 6.66. The van der Waals surface area contributed by atoms with Crippen LogP contribution >= 0.6 is 0 Å². The van der Waals surface area contributed by atoms with Gasteiger partial charge in [0.25, 0.3) is 0 Å². The fourth-order valence-electron chi connectivity index (χ4n) is 1.69. The van der Waals surface area contributed by atoms with E-state index < -0.39 is 18.1 Å². The lowest BCUT2D eigenvalue weighted by Crippen LogP contribution is -2.40. The molecule has 0 bridgehead atoms. The SMILES string of the molecule is CC(=O)C1[C@H](O)CCC[C@@H]1O. The van der Waals surface area contributed by atoms with Crippen molar-refractivity contribution in [3.05, 3.63) is 0 Å². The highest BCUT2D eigenvalue weighted by Gasteiger charge is 2.33. The molecular weight excluding hydrogens is 144 g/mol. The molecule has 1 rings (SSSR count). The van der Waals surface area contributed by atoms with Gasteiger partial charge in [0.1, 0.15) is 5.78 Å². The van der Waals surface area contributed by atoms with E-state index in [0.29, 0.717) is 12.8 Å². The molecule has 3 nitrogen and oxygen atoms in total. The number of ketones is 1. The lowest BCUT2D eigenvalue weighted by Gasteiger charge is -2.30. The van der Waals surface area contributed by atoms with Crippen molar-refractivity contribution in [1.82, 2.24) is 0 Å². The van der Waals surface area contributed by atoms with Crippen LogP contribution in [-0.2, 0) is 4.79 Å². The Morgan fingerprint density at radius 2 is 1.73 bits per heavy atom. The van der Waals surface area contributed by atoms with Gasteiger partial charge in [0, 0.05) is 0 Å². The first-order valence-corrected chi connectivity index (χ1v) is 3.99. The van der Waals surface area contributed by atoms with Crippen LogP contribution in [0.25, 0.3) is 0 Å². The molecule has 11 heavy (non-hydrogen) atoms. The first-order chi connectivity index (χ1) is 5.13. The molecule has 0 aromatic heterocycles. The van der Waals surface area contributed by atoms with Crippen LogP contribution in [0.4, 0.5) is 0 Å². The number of aliphatic hydroxyl groups excluding tert-OH is 2. The average Bonchev–Trinajstić information content (AvgIpc) is 1.85. The maximum atomic E-state index is 10.9. The molecular formula is C8H14O3. The topological polar surface area (TPSA) is 57.5 Å². The van der Waals surface area contributed by atoms with E-state index in [1.807, 2.05) is 0 Å². The monoisotopic (exact) mass is 158 g/mol. The Hall–Kier alpha value is -0.410. The highest BCUT2D eigenvalue weighted by molar-refractivity contribution is 5.79. The molecule has 3 atom stereocenters. The van der Waals surface area contributed by atoms with Gasteiger partial charge in [-0.3, -0.25) is 4.79 Å². The normalized spacial score (nSPS) is 38.6. The summed E-state index contributed by atoms with van der Waals surface area (Å²) in [4.78, 5) is 10.9. The molecule has 1 aliphatic rings. The van der Waals surface area contributed by atoms with Crippen LogP contribution in [0.1, 0.15) is 26.2 Å². The largest absolute Gasteiger partial charge is 0.392 e. The first kappa shape index (κ1) is 8.68. The minimum atomic E-state index is -0.628. The molecule has 0 amide bonds. The van der Waals surface area contributed by atoms with Crippen molar-refractivity contribution in [2.75, 3.05) is 0 Å². The second-order valence-corrected chi connectivity index (χ2v) is 3.20. The number of hydrogen-bond donors (Lipinski definition) is 2. The predicted molar refractivity (Wildman–Crippen MR) is 40.0 cm³/mol. The van der Waals surface area contributed by atoms with Crippen LogP contribution in [0, 0.1) is 5.92 Å². The van der Waals surface area contributed by atoms with E-state index in [4.69, 9.17) is 0 Å². The quantitative estimate of drug-likeness (QED) is 0.569. The van der Waals surface area contributed by atoms with E-state index in [9.17, 15) is 15.0 Å². The number of carbonyl (C=O) groups excluding carboxylic acids is 1. The summed E-state index contributed by atoms with van der Waals surface area (Å²) in [5.41, 5.74) is 0. The molecule has 1 unspecified atom stereocenters. The van der Waals surface area contributed by atoms with Crippen LogP contribution in [0.2, 0.25) is 0 Å². The van der Waals surface area contributed by atoms with Gasteiger partial charge in [0.15, 0.2) is 0 Å². The minimum Gasteiger partial charge on any atom is -0.392 e. The molecule has 0 aromatic rings. The third kappa shape index (κ3) is 1.79. The number of rotatable bonds is 1. The second-order valence-electron chi connectivity index (χ2n) is 3.20. The van der Waals surface area contributed by atoms with Gasteiger partial charge < -0.3 is 10.2 Å². The van der Waals surface area contributed by atoms with Crippen molar-refractivity contribution in [2.45, 2.75) is 38.4 Å². The van der Waals surface area contributed by atoms with Crippen molar-refractivity contribution < 1.29 is 15.0 Å². The smallest absolute Gasteiger partial charge is 0.138 e. The van der Waals surface area contributed by atoms with Crippen LogP contribution < -0.4 is 0 Å². The van der Waals surface area contributed by atoms with Gasteiger partial charge in [-0.1, -0.05) is 0 Å². The second kappa shape index (κ2) is 3.32. The minimum absolute atomic E-state index is 0.107. The Morgan fingerprint density at radius 3 is 2.00 bits per heavy atom. The molecule has 3 heteroatoms. The van der Waals surface area contributed by atoms with Crippen LogP contribution in [0.5, 0.6) is 0 Å². The number of aliphatic hydroxyl groups is 2. The van der Waals surface area contributed by atoms with Crippen molar-refractivity contribution in [3.63, 3.8) is 0 Å². The van der Waals surface area contributed by atoms with Crippen molar-refractivity contribution in [1.29, 1.82) is 0 Å². The Labute approximate surface area is 66.0 Å². The van der Waals surface area contributed by atoms with Crippen LogP contribution in [-0.4, -0.2) is 28.2 Å². The standard InChI is InChI=1S/C8H14O3/c1-5(9)8-6(10)3-2-4-7(8)11/h6-8,10-11H,2-4H2,1H3/t6-,7+,8?. The molecule has 0 aliphatic heterocycles. The van der Waals surface area contributed by atoms with Crippen molar-refractivity contribution >= 4 is 5.78 Å². The molecule has 0 heterocycles. The summed E-state index contributed by atoms with van der Waals surface area (Å²) >= 11 is 0. The lowest BCUT2D eigenvalue weighted by atomic mass is 9.82. The Balaban J connectivity index is 2.62. The zero-order valence-electron chi connectivity index (χ0n) is 6.66. The highest BCUT2D eigenvalue weighted by Crippen LogP contribution is 2.25. The van der Waals surface area contributed by atoms with Gasteiger partial charge in [-0.2, -0.15) is 0 Å². The zero-order chi connectivity index (χ0) is 8.43. The summed E-state index contributed by atoms with van der Waals surface area (Å²) in [5, 5.41) is 18.7. The molecule has 0 spiro atoms. The van der Waals surface area contributed by atoms with E-state index in [2.05, 4.69) is 0 Å². The van der Waals surface area contributed by atoms with E-state index >= 15 is 0 Å². The summed E-state index contributed by atoms with van der Waals surface area (Å²) < 4.78 is 0. The fraction of sp³-hybridized carbons (Fsp3) is 0.875. The summed E-state index contributed by atoms with van der Waals surface area (Å²) in [6.45, 7) is 1.42. The number of carbonyl (C=O) groups is 1. The summed E-state index contributed by atoms with van der Waals surface area (Å²) in [6, 6.07) is 0. The summed E-state index contributed by atoms with van der Waals surface area (Å²) in [6.07, 6.45) is 0.835. The molecule has 0 radical (unpaired) electrons. The molecule has 1 aliphatic carbocycles. The van der Waals surface area contributed by atoms with Gasteiger partial charge in [0.05, 0.1) is 18.1 Å². The first-order valence-electron chi connectivity index (χ1n) is 3.99. The van der Waals surface area contributed by atoms with Gasteiger partial charge in [0.2, 0.25) is 0 Å². The summed E-state index contributed by atoms with van der Waals surface area (Å²) in [7, 11) is 0. The van der Waals surface area contributed by atoms with Crippen molar-refractivity contribution in [2.24, 2.45) is 5.92 Å². The van der Waals surface area contributed by atoms with Gasteiger partial charge in [-0.15, -0.1) is 0 Å². The predicted octanol–water partition coefficient (Wildman–Crippen LogP) is 0.0973. The molecule has 0 aromatic carbocycles. The van der Waals surface area contributed by atoms with Crippen LogP contribution in [0.3, 0.4) is 0 Å². The van der Waals surface area contributed by atoms with Gasteiger partial charge in [-0.25, -0.2) is 0 Å². The molecule has 2 N–H and O–H groups in total. The van der Waals surface area contributed by atoms with E-state index in [0.717, 1.165) is 6.42 Å². The highest BCUT2D eigenvalue weighted by atomic mass is 16.3.